The molecule has 2 rings (SSSR count). The Balaban J connectivity index is 2.02. The molecular formula is C15H10BrClFNO. The molecule has 0 radical (unpaired) electrons. The molecular weight excluding hydrogens is 345 g/mol. The van der Waals surface area contributed by atoms with Crippen molar-refractivity contribution < 1.29 is 9.18 Å². The number of hydrogen-bond acceptors (Lipinski definition) is 2. The molecule has 5 heteroatoms. The van der Waals surface area contributed by atoms with Gasteiger partial charge in [-0.25, -0.2) is 4.39 Å². The summed E-state index contributed by atoms with van der Waals surface area (Å²) in [6.07, 6.45) is 2.87. The van der Waals surface area contributed by atoms with E-state index in [1.165, 1.54) is 30.5 Å². The number of benzene rings is 2. The van der Waals surface area contributed by atoms with Crippen molar-refractivity contribution in [2.75, 3.05) is 5.32 Å². The lowest BCUT2D eigenvalue weighted by Crippen LogP contribution is -1.96. The molecule has 0 aromatic heterocycles. The molecule has 2 nitrogen and oxygen atoms in total. The second-order valence-electron chi connectivity index (χ2n) is 3.97. The molecule has 102 valence electrons. The van der Waals surface area contributed by atoms with Gasteiger partial charge < -0.3 is 5.32 Å². The minimum atomic E-state index is -0.407. The maximum atomic E-state index is 12.9. The van der Waals surface area contributed by atoms with Crippen molar-refractivity contribution >= 4 is 39.0 Å². The Bertz CT molecular complexity index is 655. The molecule has 2 aromatic carbocycles. The van der Waals surface area contributed by atoms with Gasteiger partial charge in [0.1, 0.15) is 5.82 Å². The van der Waals surface area contributed by atoms with Crippen LogP contribution >= 0.6 is 27.5 Å². The lowest BCUT2D eigenvalue weighted by molar-refractivity contribution is 0.104. The first-order valence-corrected chi connectivity index (χ1v) is 6.91. The Morgan fingerprint density at radius 1 is 1.20 bits per heavy atom. The molecule has 0 amide bonds. The van der Waals surface area contributed by atoms with Gasteiger partial charge in [0.2, 0.25) is 0 Å². The van der Waals surface area contributed by atoms with Gasteiger partial charge in [-0.2, -0.15) is 0 Å². The first-order chi connectivity index (χ1) is 9.56. The zero-order valence-corrected chi connectivity index (χ0v) is 12.6. The van der Waals surface area contributed by atoms with Crippen LogP contribution in [0.1, 0.15) is 10.4 Å². The lowest BCUT2D eigenvalue weighted by Gasteiger charge is -2.03. The van der Waals surface area contributed by atoms with Gasteiger partial charge in [0.15, 0.2) is 5.78 Å². The molecule has 0 aliphatic heterocycles. The van der Waals surface area contributed by atoms with Gasteiger partial charge in [0, 0.05) is 22.3 Å². The molecule has 0 fully saturated rings. The summed E-state index contributed by atoms with van der Waals surface area (Å²) in [6, 6.07) is 11.0. The van der Waals surface area contributed by atoms with Gasteiger partial charge in [0.05, 0.1) is 10.7 Å². The molecule has 0 spiro atoms. The Morgan fingerprint density at radius 3 is 2.55 bits per heavy atom. The van der Waals surface area contributed by atoms with Crippen LogP contribution in [0.25, 0.3) is 0 Å². The number of allylic oxidation sites excluding steroid dienone is 1. The summed E-state index contributed by atoms with van der Waals surface area (Å²) in [5.74, 6) is -0.543. The highest BCUT2D eigenvalue weighted by atomic mass is 79.9. The predicted octanol–water partition coefficient (Wildman–Crippen LogP) is 5.05. The lowest BCUT2D eigenvalue weighted by atomic mass is 10.1. The third-order valence-corrected chi connectivity index (χ3v) is 3.37. The number of ketones is 1. The van der Waals surface area contributed by atoms with Gasteiger partial charge in [0.25, 0.3) is 0 Å². The molecule has 0 heterocycles. The number of rotatable bonds is 4. The number of halogens is 3. The summed E-state index contributed by atoms with van der Waals surface area (Å²) in [7, 11) is 0. The number of hydrogen-bond donors (Lipinski definition) is 1. The van der Waals surface area contributed by atoms with E-state index in [9.17, 15) is 9.18 Å². The van der Waals surface area contributed by atoms with Crippen molar-refractivity contribution in [1.29, 1.82) is 0 Å². The van der Waals surface area contributed by atoms with Gasteiger partial charge >= 0.3 is 0 Å². The quantitative estimate of drug-likeness (QED) is 0.615. The number of carbonyl (C=O) groups is 1. The van der Waals surface area contributed by atoms with E-state index >= 15 is 0 Å². The average Bonchev–Trinajstić information content (AvgIpc) is 2.42. The SMILES string of the molecule is O=C(/C=C/Nc1ccc(F)cc1Cl)c1ccc(Br)cc1. The second kappa shape index (κ2) is 6.68. The summed E-state index contributed by atoms with van der Waals surface area (Å²) in [6.45, 7) is 0. The van der Waals surface area contributed by atoms with Crippen LogP contribution < -0.4 is 5.32 Å². The van der Waals surface area contributed by atoms with E-state index in [2.05, 4.69) is 21.2 Å². The van der Waals surface area contributed by atoms with Crippen LogP contribution in [0.4, 0.5) is 10.1 Å². The summed E-state index contributed by atoms with van der Waals surface area (Å²) >= 11 is 9.16. The summed E-state index contributed by atoms with van der Waals surface area (Å²) in [4.78, 5) is 11.9. The minimum Gasteiger partial charge on any atom is -0.360 e. The van der Waals surface area contributed by atoms with Crippen molar-refractivity contribution in [3.8, 4) is 0 Å². The van der Waals surface area contributed by atoms with E-state index in [1.807, 2.05) is 0 Å². The molecule has 0 atom stereocenters. The topological polar surface area (TPSA) is 29.1 Å². The monoisotopic (exact) mass is 353 g/mol. The van der Waals surface area contributed by atoms with Crippen LogP contribution in [0.5, 0.6) is 0 Å². The standard InChI is InChI=1S/C15H10BrClFNO/c16-11-3-1-10(2-4-11)15(20)7-8-19-14-6-5-12(18)9-13(14)17/h1-9,19H/b8-7+. The summed E-state index contributed by atoms with van der Waals surface area (Å²) in [5.41, 5.74) is 1.12. The van der Waals surface area contributed by atoms with Crippen LogP contribution in [0.2, 0.25) is 5.02 Å². The van der Waals surface area contributed by atoms with Crippen LogP contribution in [0, 0.1) is 5.82 Å². The van der Waals surface area contributed by atoms with Crippen molar-refractivity contribution in [3.63, 3.8) is 0 Å². The highest BCUT2D eigenvalue weighted by Crippen LogP contribution is 2.22. The van der Waals surface area contributed by atoms with Crippen molar-refractivity contribution in [3.05, 3.63) is 75.6 Å². The zero-order valence-electron chi connectivity index (χ0n) is 10.2. The van der Waals surface area contributed by atoms with Crippen LogP contribution in [-0.4, -0.2) is 5.78 Å². The Kier molecular flexibility index (Phi) is 4.93. The van der Waals surface area contributed by atoms with E-state index in [-0.39, 0.29) is 10.8 Å². The first-order valence-electron chi connectivity index (χ1n) is 5.74. The number of carbonyl (C=O) groups excluding carboxylic acids is 1. The molecule has 2 aromatic rings. The maximum absolute atomic E-state index is 12.9. The first kappa shape index (κ1) is 14.8. The normalized spacial score (nSPS) is 10.8. The summed E-state index contributed by atoms with van der Waals surface area (Å²) < 4.78 is 13.8. The summed E-state index contributed by atoms with van der Waals surface area (Å²) in [5, 5.41) is 3.10. The van der Waals surface area contributed by atoms with Gasteiger partial charge in [-0.1, -0.05) is 27.5 Å². The van der Waals surface area contributed by atoms with Gasteiger partial charge in [-0.05, 0) is 42.5 Å². The Morgan fingerprint density at radius 2 is 1.90 bits per heavy atom. The molecule has 0 saturated carbocycles. The fraction of sp³-hybridized carbons (Fsp3) is 0. The van der Waals surface area contributed by atoms with Crippen molar-refractivity contribution in [2.24, 2.45) is 0 Å². The van der Waals surface area contributed by atoms with Crippen molar-refractivity contribution in [2.45, 2.75) is 0 Å². The van der Waals surface area contributed by atoms with Crippen molar-refractivity contribution in [1.82, 2.24) is 0 Å². The molecule has 0 saturated heterocycles. The second-order valence-corrected chi connectivity index (χ2v) is 5.30. The highest BCUT2D eigenvalue weighted by molar-refractivity contribution is 9.10. The molecule has 0 unspecified atom stereocenters. The largest absolute Gasteiger partial charge is 0.360 e. The van der Waals surface area contributed by atoms with Crippen LogP contribution in [0.3, 0.4) is 0 Å². The maximum Gasteiger partial charge on any atom is 0.187 e. The van der Waals surface area contributed by atoms with E-state index in [4.69, 9.17) is 11.6 Å². The molecule has 1 N–H and O–H groups in total. The fourth-order valence-corrected chi connectivity index (χ4v) is 2.01. The van der Waals surface area contributed by atoms with E-state index in [1.54, 1.807) is 24.3 Å². The third kappa shape index (κ3) is 3.92. The molecule has 0 aliphatic carbocycles. The van der Waals surface area contributed by atoms with E-state index in [0.717, 1.165) is 4.47 Å². The Hall–Kier alpha value is -1.65. The molecule has 0 bridgehead atoms. The third-order valence-electron chi connectivity index (χ3n) is 2.53. The Labute approximate surface area is 129 Å². The zero-order chi connectivity index (χ0) is 14.5. The number of anilines is 1. The van der Waals surface area contributed by atoms with E-state index in [0.29, 0.717) is 11.3 Å². The van der Waals surface area contributed by atoms with Crippen LogP contribution in [0.15, 0.2) is 59.2 Å². The highest BCUT2D eigenvalue weighted by Gasteiger charge is 2.02. The molecule has 20 heavy (non-hydrogen) atoms. The van der Waals surface area contributed by atoms with Crippen LogP contribution in [-0.2, 0) is 0 Å². The van der Waals surface area contributed by atoms with E-state index < -0.39 is 5.82 Å². The predicted molar refractivity (Wildman–Crippen MR) is 82.6 cm³/mol. The molecule has 0 aliphatic rings. The average molecular weight is 355 g/mol. The van der Waals surface area contributed by atoms with Gasteiger partial charge in [-0.15, -0.1) is 0 Å². The fourth-order valence-electron chi connectivity index (χ4n) is 1.52. The number of nitrogens with one attached hydrogen (secondary N) is 1. The minimum absolute atomic E-state index is 0.136. The smallest absolute Gasteiger partial charge is 0.187 e. The van der Waals surface area contributed by atoms with Gasteiger partial charge in [-0.3, -0.25) is 4.79 Å².